The molecule has 0 radical (unpaired) electrons. The van der Waals surface area contributed by atoms with Crippen LogP contribution in [0.5, 0.6) is 0 Å². The summed E-state index contributed by atoms with van der Waals surface area (Å²) in [4.78, 5) is 41.4. The highest BCUT2D eigenvalue weighted by Crippen LogP contribution is 2.34. The lowest BCUT2D eigenvalue weighted by Gasteiger charge is -2.12. The Balaban J connectivity index is 1.74. The second kappa shape index (κ2) is 10.9. The normalized spacial score (nSPS) is 10.7. The molecule has 3 rings (SSSR count). The van der Waals surface area contributed by atoms with Crippen molar-refractivity contribution in [1.29, 1.82) is 0 Å². The minimum atomic E-state index is -0.613. The standard InChI is InChI=1S/C23H28N6O4S2/c1-13-17(22(32)33-7)20(35-18(13)21(31)28(4)5)24-16(30)12-34-23-26-25-19(29(23)6)14-8-10-15(11-9-14)27(2)3/h8-11H,12H2,1-7H3,(H,24,30). The van der Waals surface area contributed by atoms with E-state index in [4.69, 9.17) is 4.74 Å². The molecule has 2 aromatic heterocycles. The van der Waals surface area contributed by atoms with Gasteiger partial charge in [-0.05, 0) is 36.8 Å². The number of thiophene rings is 1. The van der Waals surface area contributed by atoms with Crippen LogP contribution in [0.1, 0.15) is 25.6 Å². The number of benzene rings is 1. The van der Waals surface area contributed by atoms with Gasteiger partial charge in [-0.25, -0.2) is 4.79 Å². The van der Waals surface area contributed by atoms with Crippen LogP contribution in [0, 0.1) is 6.92 Å². The van der Waals surface area contributed by atoms with Gasteiger partial charge in [-0.1, -0.05) is 11.8 Å². The Hall–Kier alpha value is -3.38. The molecule has 2 amide bonds. The van der Waals surface area contributed by atoms with Gasteiger partial charge < -0.3 is 24.4 Å². The Kier molecular flexibility index (Phi) is 8.18. The van der Waals surface area contributed by atoms with Crippen LogP contribution >= 0.6 is 23.1 Å². The van der Waals surface area contributed by atoms with E-state index in [9.17, 15) is 14.4 Å². The van der Waals surface area contributed by atoms with Crippen molar-refractivity contribution in [3.05, 3.63) is 40.3 Å². The third kappa shape index (κ3) is 5.65. The van der Waals surface area contributed by atoms with Gasteiger partial charge in [-0.2, -0.15) is 0 Å². The summed E-state index contributed by atoms with van der Waals surface area (Å²) in [5, 5.41) is 12.1. The van der Waals surface area contributed by atoms with Crippen LogP contribution < -0.4 is 10.2 Å². The smallest absolute Gasteiger partial charge is 0.341 e. The first kappa shape index (κ1) is 26.2. The number of hydrogen-bond donors (Lipinski definition) is 1. The van der Waals surface area contributed by atoms with Gasteiger partial charge in [-0.3, -0.25) is 9.59 Å². The van der Waals surface area contributed by atoms with Crippen LogP contribution in [-0.2, 0) is 16.6 Å². The molecule has 3 aromatic rings. The molecule has 0 spiro atoms. The van der Waals surface area contributed by atoms with E-state index in [0.717, 1.165) is 22.6 Å². The third-order valence-corrected chi connectivity index (χ3v) is 7.41. The maximum Gasteiger partial charge on any atom is 0.341 e. The van der Waals surface area contributed by atoms with Crippen LogP contribution in [0.3, 0.4) is 0 Å². The van der Waals surface area contributed by atoms with Crippen LogP contribution in [0.4, 0.5) is 10.7 Å². The van der Waals surface area contributed by atoms with Gasteiger partial charge in [0.15, 0.2) is 11.0 Å². The maximum atomic E-state index is 12.7. The number of carbonyl (C=O) groups excluding carboxylic acids is 3. The van der Waals surface area contributed by atoms with Crippen molar-refractivity contribution in [2.45, 2.75) is 12.1 Å². The van der Waals surface area contributed by atoms with E-state index in [0.29, 0.717) is 21.4 Å². The molecule has 186 valence electrons. The van der Waals surface area contributed by atoms with Gasteiger partial charge in [0.25, 0.3) is 5.91 Å². The van der Waals surface area contributed by atoms with Gasteiger partial charge in [0.2, 0.25) is 5.91 Å². The molecule has 0 unspecified atom stereocenters. The van der Waals surface area contributed by atoms with Gasteiger partial charge in [-0.15, -0.1) is 21.5 Å². The highest BCUT2D eigenvalue weighted by Gasteiger charge is 2.27. The van der Waals surface area contributed by atoms with E-state index >= 15 is 0 Å². The zero-order valence-electron chi connectivity index (χ0n) is 20.7. The van der Waals surface area contributed by atoms with E-state index in [1.54, 1.807) is 21.0 Å². The predicted molar refractivity (Wildman–Crippen MR) is 139 cm³/mol. The number of anilines is 2. The fourth-order valence-corrected chi connectivity index (χ4v) is 5.19. The van der Waals surface area contributed by atoms with Gasteiger partial charge in [0.05, 0.1) is 23.3 Å². The van der Waals surface area contributed by atoms with Crippen molar-refractivity contribution in [3.63, 3.8) is 0 Å². The molecule has 0 atom stereocenters. The summed E-state index contributed by atoms with van der Waals surface area (Å²) in [5.41, 5.74) is 2.65. The molecule has 35 heavy (non-hydrogen) atoms. The summed E-state index contributed by atoms with van der Waals surface area (Å²) in [5.74, 6) is -0.479. The first-order chi connectivity index (χ1) is 16.5. The minimum Gasteiger partial charge on any atom is -0.465 e. The fraction of sp³-hybridized carbons (Fsp3) is 0.348. The van der Waals surface area contributed by atoms with Gasteiger partial charge in [0.1, 0.15) is 5.00 Å². The maximum absolute atomic E-state index is 12.7. The second-order valence-electron chi connectivity index (χ2n) is 8.09. The zero-order chi connectivity index (χ0) is 25.9. The molecule has 0 aliphatic heterocycles. The molecule has 1 aromatic carbocycles. The molecular formula is C23H28N6O4S2. The molecule has 12 heteroatoms. The Morgan fingerprint density at radius 2 is 1.77 bits per heavy atom. The molecule has 0 aliphatic carbocycles. The number of hydrogen-bond acceptors (Lipinski definition) is 9. The lowest BCUT2D eigenvalue weighted by Crippen LogP contribution is -2.21. The van der Waals surface area contributed by atoms with Crippen molar-refractivity contribution in [3.8, 4) is 11.4 Å². The van der Waals surface area contributed by atoms with E-state index in [-0.39, 0.29) is 28.1 Å². The number of esters is 1. The zero-order valence-corrected chi connectivity index (χ0v) is 22.3. The number of methoxy groups -OCH3 is 1. The quantitative estimate of drug-likeness (QED) is 0.359. The lowest BCUT2D eigenvalue weighted by atomic mass is 10.1. The summed E-state index contributed by atoms with van der Waals surface area (Å²) < 4.78 is 6.69. The molecule has 0 bridgehead atoms. The van der Waals surface area contributed by atoms with Gasteiger partial charge in [0, 0.05) is 46.5 Å². The van der Waals surface area contributed by atoms with Crippen LogP contribution in [-0.4, -0.2) is 78.5 Å². The van der Waals surface area contributed by atoms with Crippen LogP contribution in [0.2, 0.25) is 0 Å². The summed E-state index contributed by atoms with van der Waals surface area (Å²) in [6, 6.07) is 7.95. The molecule has 0 saturated heterocycles. The third-order valence-electron chi connectivity index (χ3n) is 5.20. The Bertz CT molecular complexity index is 1250. The number of nitrogens with zero attached hydrogens (tertiary/aromatic N) is 5. The summed E-state index contributed by atoms with van der Waals surface area (Å²) in [6.07, 6.45) is 0. The average Bonchev–Trinajstić information content (AvgIpc) is 3.35. The molecule has 1 N–H and O–H groups in total. The van der Waals surface area contributed by atoms with Crippen molar-refractivity contribution < 1.29 is 19.1 Å². The van der Waals surface area contributed by atoms with Crippen LogP contribution in [0.15, 0.2) is 29.4 Å². The number of aromatic nitrogens is 3. The summed E-state index contributed by atoms with van der Waals surface area (Å²) >= 11 is 2.28. The van der Waals surface area contributed by atoms with E-state index in [1.165, 1.54) is 23.8 Å². The largest absolute Gasteiger partial charge is 0.465 e. The average molecular weight is 517 g/mol. The molecule has 0 fully saturated rings. The topological polar surface area (TPSA) is 110 Å². The van der Waals surface area contributed by atoms with E-state index < -0.39 is 5.97 Å². The minimum absolute atomic E-state index is 0.0417. The molecule has 0 saturated carbocycles. The van der Waals surface area contributed by atoms with Crippen molar-refractivity contribution in [2.24, 2.45) is 7.05 Å². The highest BCUT2D eigenvalue weighted by atomic mass is 32.2. The van der Waals surface area contributed by atoms with E-state index in [2.05, 4.69) is 15.5 Å². The van der Waals surface area contributed by atoms with Gasteiger partial charge >= 0.3 is 5.97 Å². The van der Waals surface area contributed by atoms with Crippen molar-refractivity contribution >= 4 is 51.6 Å². The van der Waals surface area contributed by atoms with Crippen molar-refractivity contribution in [1.82, 2.24) is 19.7 Å². The predicted octanol–water partition coefficient (Wildman–Crippen LogP) is 3.14. The Morgan fingerprint density at radius 3 is 2.34 bits per heavy atom. The molecule has 0 aliphatic rings. The SMILES string of the molecule is COC(=O)c1c(NC(=O)CSc2nnc(-c3ccc(N(C)C)cc3)n2C)sc(C(=O)N(C)C)c1C. The Morgan fingerprint density at radius 1 is 1.11 bits per heavy atom. The fourth-order valence-electron chi connectivity index (χ4n) is 3.25. The molecule has 2 heterocycles. The van der Waals surface area contributed by atoms with Crippen molar-refractivity contribution in [2.75, 3.05) is 51.3 Å². The number of ether oxygens (including phenoxy) is 1. The number of thioether (sulfide) groups is 1. The van der Waals surface area contributed by atoms with Crippen LogP contribution in [0.25, 0.3) is 11.4 Å². The molecule has 10 nitrogen and oxygen atoms in total. The summed E-state index contributed by atoms with van der Waals surface area (Å²) in [6.45, 7) is 1.66. The second-order valence-corrected chi connectivity index (χ2v) is 10.1. The highest BCUT2D eigenvalue weighted by molar-refractivity contribution is 7.99. The number of amides is 2. The number of rotatable bonds is 8. The number of nitrogens with one attached hydrogen (secondary N) is 1. The Labute approximate surface area is 212 Å². The first-order valence-corrected chi connectivity index (χ1v) is 12.4. The monoisotopic (exact) mass is 516 g/mol. The first-order valence-electron chi connectivity index (χ1n) is 10.6. The number of carbonyl (C=O) groups is 3. The summed E-state index contributed by atoms with van der Waals surface area (Å²) in [7, 11) is 10.3. The lowest BCUT2D eigenvalue weighted by molar-refractivity contribution is -0.113. The molecular weight excluding hydrogens is 488 g/mol. The van der Waals surface area contributed by atoms with E-state index in [1.807, 2.05) is 54.9 Å².